The Bertz CT molecular complexity index is 1150. The van der Waals surface area contributed by atoms with Gasteiger partial charge in [-0.3, -0.25) is 19.2 Å². The van der Waals surface area contributed by atoms with Gasteiger partial charge >= 0.3 is 5.97 Å². The number of unbranched alkanes of at least 4 members (excludes halogenated alkanes) is 2. The molecule has 3 saturated carbocycles. The number of nitrogens with zero attached hydrogens (tertiary/aromatic N) is 1. The molecule has 232 valence electrons. The van der Waals surface area contributed by atoms with Crippen LogP contribution >= 0.6 is 0 Å². The number of hydrogen-bond donors (Lipinski definition) is 3. The summed E-state index contributed by atoms with van der Waals surface area (Å²) in [6.07, 6.45) is 7.49. The van der Waals surface area contributed by atoms with E-state index in [1.807, 2.05) is 13.0 Å². The van der Waals surface area contributed by atoms with E-state index in [-0.39, 0.29) is 61.2 Å². The lowest BCUT2D eigenvalue weighted by Crippen LogP contribution is -2.56. The Labute approximate surface area is 245 Å². The van der Waals surface area contributed by atoms with E-state index in [9.17, 15) is 39.5 Å². The zero-order chi connectivity index (χ0) is 30.7. The van der Waals surface area contributed by atoms with Crippen LogP contribution in [0.15, 0.2) is 23.8 Å². The number of allylic oxidation sites excluding steroid dienone is 4. The number of esters is 1. The predicted octanol–water partition coefficient (Wildman–Crippen LogP) is 2.24. The smallest absolute Gasteiger partial charge is 0.308 e. The Morgan fingerprint density at radius 1 is 1.14 bits per heavy atom. The van der Waals surface area contributed by atoms with E-state index in [2.05, 4.69) is 17.1 Å². The van der Waals surface area contributed by atoms with Crippen LogP contribution in [0, 0.1) is 44.6 Å². The molecular formula is C30H42N2O10. The highest BCUT2D eigenvalue weighted by atomic mass is 16.9. The monoisotopic (exact) mass is 590 g/mol. The Morgan fingerprint density at radius 3 is 2.64 bits per heavy atom. The van der Waals surface area contributed by atoms with Gasteiger partial charge in [0, 0.05) is 24.3 Å². The van der Waals surface area contributed by atoms with Gasteiger partial charge in [0.15, 0.2) is 11.6 Å². The molecule has 0 radical (unpaired) electrons. The van der Waals surface area contributed by atoms with Crippen LogP contribution in [0.5, 0.6) is 0 Å². The van der Waals surface area contributed by atoms with E-state index in [1.165, 1.54) is 0 Å². The van der Waals surface area contributed by atoms with Gasteiger partial charge in [0.2, 0.25) is 5.91 Å². The third-order valence-corrected chi connectivity index (χ3v) is 10.1. The molecule has 0 heterocycles. The molecule has 4 aliphatic carbocycles. The first kappa shape index (κ1) is 31.8. The van der Waals surface area contributed by atoms with Crippen molar-refractivity contribution in [1.29, 1.82) is 0 Å². The molecule has 12 nitrogen and oxygen atoms in total. The molecule has 3 fully saturated rings. The quantitative estimate of drug-likeness (QED) is 0.124. The van der Waals surface area contributed by atoms with Gasteiger partial charge in [-0.05, 0) is 67.9 Å². The Kier molecular flexibility index (Phi) is 9.87. The normalized spacial score (nSPS) is 34.9. The number of ether oxygens (including phenoxy) is 1. The maximum Gasteiger partial charge on any atom is 0.308 e. The van der Waals surface area contributed by atoms with Crippen LogP contribution in [0.3, 0.4) is 0 Å². The molecule has 0 aromatic heterocycles. The topological polar surface area (TPSA) is 182 Å². The SMILES string of the molecule is CC12C=CC(=O)C=C1CCC1C2C(O)CC2(C)C1C[C@@H](O)C2C(=O)COC(=O)CCNC(=O)CCCCCO[N+](=O)[O-]. The summed E-state index contributed by atoms with van der Waals surface area (Å²) in [5.41, 5.74) is -0.0593. The summed E-state index contributed by atoms with van der Waals surface area (Å²) in [5, 5.41) is 34.4. The number of aliphatic hydroxyl groups is 2. The number of aliphatic hydroxyl groups excluding tert-OH is 2. The molecule has 42 heavy (non-hydrogen) atoms. The van der Waals surface area contributed by atoms with E-state index < -0.39 is 46.6 Å². The molecule has 12 heteroatoms. The Balaban J connectivity index is 1.25. The highest BCUT2D eigenvalue weighted by molar-refractivity contribution is 6.01. The van der Waals surface area contributed by atoms with Crippen molar-refractivity contribution in [2.45, 2.75) is 83.8 Å². The molecule has 7 unspecified atom stereocenters. The standard InChI is InChI=1S/C30H42N2O10/c1-29-11-9-19(33)14-18(29)7-8-20-21-15-22(34)28(30(21,2)16-23(35)27(20)29)24(36)17-41-26(38)10-12-31-25(37)6-4-3-5-13-42-32(39)40/h9,11,14,20-23,27-28,34-35H,3-8,10,12-13,15-17H2,1-2H3,(H,31,37)/t20?,21?,22-,23?,27?,28?,29?,30?/m1/s1. The van der Waals surface area contributed by atoms with Gasteiger partial charge in [-0.15, -0.1) is 10.1 Å². The molecule has 1 amide bonds. The van der Waals surface area contributed by atoms with Crippen molar-refractivity contribution in [2.75, 3.05) is 19.8 Å². The van der Waals surface area contributed by atoms with Gasteiger partial charge in [-0.25, -0.2) is 0 Å². The summed E-state index contributed by atoms with van der Waals surface area (Å²) in [7, 11) is 0. The van der Waals surface area contributed by atoms with Crippen LogP contribution in [0.2, 0.25) is 0 Å². The van der Waals surface area contributed by atoms with Crippen LogP contribution in [0.1, 0.15) is 71.6 Å². The number of rotatable bonds is 13. The Morgan fingerprint density at radius 2 is 1.90 bits per heavy atom. The third kappa shape index (κ3) is 6.59. The summed E-state index contributed by atoms with van der Waals surface area (Å²) < 4.78 is 5.22. The van der Waals surface area contributed by atoms with Crippen molar-refractivity contribution in [3.63, 3.8) is 0 Å². The first-order valence-electron chi connectivity index (χ1n) is 14.9. The fourth-order valence-electron chi connectivity index (χ4n) is 8.33. The second-order valence-electron chi connectivity index (χ2n) is 12.7. The second-order valence-corrected chi connectivity index (χ2v) is 12.7. The average molecular weight is 591 g/mol. The number of ketones is 2. The van der Waals surface area contributed by atoms with E-state index in [0.717, 1.165) is 18.4 Å². The number of nitrogens with one attached hydrogen (secondary N) is 1. The third-order valence-electron chi connectivity index (χ3n) is 10.1. The van der Waals surface area contributed by atoms with Gasteiger partial charge in [0.1, 0.15) is 6.61 Å². The average Bonchev–Trinajstić information content (AvgIpc) is 3.18. The lowest BCUT2D eigenvalue weighted by molar-refractivity contribution is -0.757. The molecular weight excluding hydrogens is 548 g/mol. The molecule has 0 aliphatic heterocycles. The lowest BCUT2D eigenvalue weighted by Gasteiger charge is -2.58. The molecule has 4 rings (SSSR count). The summed E-state index contributed by atoms with van der Waals surface area (Å²) in [4.78, 5) is 63.8. The zero-order valence-corrected chi connectivity index (χ0v) is 24.3. The van der Waals surface area contributed by atoms with Crippen LogP contribution < -0.4 is 5.32 Å². The van der Waals surface area contributed by atoms with Crippen LogP contribution in [0.25, 0.3) is 0 Å². The van der Waals surface area contributed by atoms with Crippen molar-refractivity contribution in [3.05, 3.63) is 33.9 Å². The number of carbonyl (C=O) groups is 4. The van der Waals surface area contributed by atoms with E-state index in [4.69, 9.17) is 4.74 Å². The van der Waals surface area contributed by atoms with Crippen molar-refractivity contribution < 1.29 is 44.1 Å². The minimum Gasteiger partial charge on any atom is -0.458 e. The van der Waals surface area contributed by atoms with Gasteiger partial charge in [0.05, 0.1) is 31.2 Å². The molecule has 3 N–H and O–H groups in total. The fraction of sp³-hybridized carbons (Fsp3) is 0.733. The zero-order valence-electron chi connectivity index (χ0n) is 24.3. The van der Waals surface area contributed by atoms with Crippen molar-refractivity contribution in [2.24, 2.45) is 34.5 Å². The minimum absolute atomic E-state index is 0.00533. The molecule has 8 atom stereocenters. The minimum atomic E-state index is -0.907. The predicted molar refractivity (Wildman–Crippen MR) is 148 cm³/mol. The van der Waals surface area contributed by atoms with Crippen LogP contribution in [-0.2, 0) is 28.8 Å². The highest BCUT2D eigenvalue weighted by Gasteiger charge is 2.64. The number of Topliss-reactive ketones (excluding diaryl/α,β-unsaturated/α-hetero) is 1. The van der Waals surface area contributed by atoms with Gasteiger partial charge in [0.25, 0.3) is 5.09 Å². The maximum absolute atomic E-state index is 13.3. The number of fused-ring (bicyclic) bond motifs is 5. The summed E-state index contributed by atoms with van der Waals surface area (Å²) in [6.45, 7) is 3.57. The first-order valence-corrected chi connectivity index (χ1v) is 14.9. The molecule has 0 aromatic carbocycles. The van der Waals surface area contributed by atoms with E-state index in [0.29, 0.717) is 32.1 Å². The molecule has 0 bridgehead atoms. The van der Waals surface area contributed by atoms with Gasteiger partial charge in [-0.1, -0.05) is 31.9 Å². The van der Waals surface area contributed by atoms with Crippen molar-refractivity contribution in [1.82, 2.24) is 5.32 Å². The van der Waals surface area contributed by atoms with Gasteiger partial charge < -0.3 is 25.1 Å². The molecule has 0 spiro atoms. The summed E-state index contributed by atoms with van der Waals surface area (Å²) in [5.74, 6) is -2.11. The van der Waals surface area contributed by atoms with Crippen molar-refractivity contribution >= 4 is 23.4 Å². The number of hydrogen-bond acceptors (Lipinski definition) is 10. The van der Waals surface area contributed by atoms with Crippen LogP contribution in [-0.4, -0.2) is 70.7 Å². The lowest BCUT2D eigenvalue weighted by atomic mass is 9.46. The van der Waals surface area contributed by atoms with E-state index >= 15 is 0 Å². The van der Waals surface area contributed by atoms with E-state index in [1.54, 1.807) is 12.2 Å². The largest absolute Gasteiger partial charge is 0.458 e. The number of carbonyl (C=O) groups excluding carboxylic acids is 4. The molecule has 0 saturated heterocycles. The van der Waals surface area contributed by atoms with Crippen LogP contribution in [0.4, 0.5) is 0 Å². The maximum atomic E-state index is 13.3. The van der Waals surface area contributed by atoms with Gasteiger partial charge in [-0.2, -0.15) is 0 Å². The first-order chi connectivity index (χ1) is 19.9. The summed E-state index contributed by atoms with van der Waals surface area (Å²) in [6, 6.07) is 0. The number of amides is 1. The highest BCUT2D eigenvalue weighted by Crippen LogP contribution is 2.66. The summed E-state index contributed by atoms with van der Waals surface area (Å²) >= 11 is 0. The van der Waals surface area contributed by atoms with Crippen molar-refractivity contribution in [3.8, 4) is 0 Å². The molecule has 0 aromatic rings. The fourth-order valence-corrected chi connectivity index (χ4v) is 8.33. The molecule has 4 aliphatic rings. The Hall–Kier alpha value is -3.12. The second kappa shape index (κ2) is 13.0.